The molecule has 3 rings (SSSR count). The topological polar surface area (TPSA) is 63.7 Å². The second-order valence-corrected chi connectivity index (χ2v) is 7.37. The predicted molar refractivity (Wildman–Crippen MR) is 95.3 cm³/mol. The third kappa shape index (κ3) is 4.92. The van der Waals surface area contributed by atoms with Crippen molar-refractivity contribution in [3.8, 4) is 0 Å². The van der Waals surface area contributed by atoms with E-state index in [1.54, 1.807) is 0 Å². The number of nitrogens with zero attached hydrogens (tertiary/aromatic N) is 2. The van der Waals surface area contributed by atoms with Gasteiger partial charge in [0.05, 0.1) is 13.2 Å². The van der Waals surface area contributed by atoms with Gasteiger partial charge in [0, 0.05) is 38.4 Å². The lowest BCUT2D eigenvalue weighted by Gasteiger charge is -2.33. The summed E-state index contributed by atoms with van der Waals surface area (Å²) in [7, 11) is 0. The maximum Gasteiger partial charge on any atom is 0.317 e. The van der Waals surface area contributed by atoms with Crippen molar-refractivity contribution in [2.75, 3.05) is 32.8 Å². The number of pyridine rings is 1. The van der Waals surface area contributed by atoms with Gasteiger partial charge < -0.3 is 19.7 Å². The van der Waals surface area contributed by atoms with Gasteiger partial charge in [-0.05, 0) is 49.3 Å². The van der Waals surface area contributed by atoms with Gasteiger partial charge >= 0.3 is 6.03 Å². The number of rotatable bonds is 5. The summed E-state index contributed by atoms with van der Waals surface area (Å²) in [5, 5.41) is 3.06. The molecule has 138 valence electrons. The molecule has 0 bridgehead atoms. The van der Waals surface area contributed by atoms with Gasteiger partial charge in [-0.2, -0.15) is 0 Å². The van der Waals surface area contributed by atoms with Crippen LogP contribution in [0, 0.1) is 5.92 Å². The van der Waals surface area contributed by atoms with Crippen molar-refractivity contribution in [1.82, 2.24) is 15.2 Å². The lowest BCUT2D eigenvalue weighted by molar-refractivity contribution is -0.153. The van der Waals surface area contributed by atoms with E-state index in [9.17, 15) is 4.79 Å². The highest BCUT2D eigenvalue weighted by Crippen LogP contribution is 2.28. The van der Waals surface area contributed by atoms with Crippen molar-refractivity contribution in [3.05, 3.63) is 30.1 Å². The largest absolute Gasteiger partial charge is 0.348 e. The maximum atomic E-state index is 12.4. The maximum absolute atomic E-state index is 12.4. The Morgan fingerprint density at radius 3 is 2.60 bits per heavy atom. The Labute approximate surface area is 149 Å². The van der Waals surface area contributed by atoms with Gasteiger partial charge in [-0.1, -0.05) is 6.92 Å². The van der Waals surface area contributed by atoms with E-state index in [4.69, 9.17) is 9.47 Å². The average molecular weight is 347 g/mol. The van der Waals surface area contributed by atoms with Gasteiger partial charge in [0.15, 0.2) is 5.79 Å². The molecule has 0 aromatic carbocycles. The molecule has 2 saturated heterocycles. The lowest BCUT2D eigenvalue weighted by Crippen LogP contribution is -2.45. The van der Waals surface area contributed by atoms with Crippen molar-refractivity contribution in [2.24, 2.45) is 5.92 Å². The number of ether oxygens (including phenoxy) is 2. The number of piperidine rings is 1. The fourth-order valence-electron chi connectivity index (χ4n) is 3.80. The first-order chi connectivity index (χ1) is 12.1. The van der Waals surface area contributed by atoms with Crippen molar-refractivity contribution >= 4 is 6.03 Å². The standard InChI is InChI=1S/C19H29N3O3/c1-15(13-19(2)24-11-12-25-19)14-21-18(23)22-9-5-17(6-10-22)16-3-7-20-8-4-16/h3-4,7-8,15,17H,5-6,9-14H2,1-2H3,(H,21,23)/t15-/m1/s1. The Hall–Kier alpha value is -1.66. The summed E-state index contributed by atoms with van der Waals surface area (Å²) in [6.45, 7) is 7.65. The molecule has 0 spiro atoms. The molecular weight excluding hydrogens is 318 g/mol. The number of carbonyl (C=O) groups is 1. The Kier molecular flexibility index (Phi) is 5.91. The molecule has 1 N–H and O–H groups in total. The van der Waals surface area contributed by atoms with E-state index in [1.165, 1.54) is 5.56 Å². The minimum absolute atomic E-state index is 0.0402. The second kappa shape index (κ2) is 8.15. The van der Waals surface area contributed by atoms with Gasteiger partial charge in [0.25, 0.3) is 0 Å². The number of aromatic nitrogens is 1. The van der Waals surface area contributed by atoms with Crippen molar-refractivity contribution in [3.63, 3.8) is 0 Å². The molecule has 2 amide bonds. The molecule has 6 nitrogen and oxygen atoms in total. The van der Waals surface area contributed by atoms with Gasteiger partial charge in [-0.3, -0.25) is 4.98 Å². The van der Waals surface area contributed by atoms with E-state index in [2.05, 4.69) is 29.4 Å². The summed E-state index contributed by atoms with van der Waals surface area (Å²) in [5.41, 5.74) is 1.33. The van der Waals surface area contributed by atoms with E-state index in [0.29, 0.717) is 31.6 Å². The summed E-state index contributed by atoms with van der Waals surface area (Å²) in [6, 6.07) is 4.20. The van der Waals surface area contributed by atoms with Crippen LogP contribution < -0.4 is 5.32 Å². The predicted octanol–water partition coefficient (Wildman–Crippen LogP) is 2.76. The fourth-order valence-corrected chi connectivity index (χ4v) is 3.80. The van der Waals surface area contributed by atoms with Crippen molar-refractivity contribution < 1.29 is 14.3 Å². The molecule has 3 heterocycles. The van der Waals surface area contributed by atoms with Crippen LogP contribution in [0.15, 0.2) is 24.5 Å². The Morgan fingerprint density at radius 1 is 1.32 bits per heavy atom. The summed E-state index contributed by atoms with van der Waals surface area (Å²) in [5.74, 6) is 0.344. The first-order valence-corrected chi connectivity index (χ1v) is 9.26. The van der Waals surface area contributed by atoms with E-state index >= 15 is 0 Å². The van der Waals surface area contributed by atoms with Crippen molar-refractivity contribution in [1.29, 1.82) is 0 Å². The van der Waals surface area contributed by atoms with Crippen LogP contribution in [-0.2, 0) is 9.47 Å². The molecule has 2 fully saturated rings. The van der Waals surface area contributed by atoms with Crippen molar-refractivity contribution in [2.45, 2.75) is 44.8 Å². The third-order valence-corrected chi connectivity index (χ3v) is 5.18. The minimum Gasteiger partial charge on any atom is -0.348 e. The molecular formula is C19H29N3O3. The summed E-state index contributed by atoms with van der Waals surface area (Å²) in [4.78, 5) is 18.4. The number of amides is 2. The normalized spacial score (nSPS) is 21.9. The van der Waals surface area contributed by atoms with Crippen LogP contribution in [-0.4, -0.2) is 54.6 Å². The number of hydrogen-bond acceptors (Lipinski definition) is 4. The Balaban J connectivity index is 1.39. The molecule has 0 saturated carbocycles. The molecule has 2 aliphatic heterocycles. The van der Waals surface area contributed by atoms with E-state index < -0.39 is 5.79 Å². The Bertz CT molecular complexity index is 552. The lowest BCUT2D eigenvalue weighted by atomic mass is 9.90. The fraction of sp³-hybridized carbons (Fsp3) is 0.684. The van der Waals surface area contributed by atoms with Crippen LogP contribution in [0.1, 0.15) is 44.6 Å². The zero-order chi connectivity index (χ0) is 17.7. The molecule has 1 atom stereocenters. The number of hydrogen-bond donors (Lipinski definition) is 1. The van der Waals surface area contributed by atoms with Crippen LogP contribution in [0.3, 0.4) is 0 Å². The molecule has 1 aromatic rings. The molecule has 0 aliphatic carbocycles. The third-order valence-electron chi connectivity index (χ3n) is 5.18. The monoisotopic (exact) mass is 347 g/mol. The molecule has 25 heavy (non-hydrogen) atoms. The van der Waals surface area contributed by atoms with Gasteiger partial charge in [-0.15, -0.1) is 0 Å². The first-order valence-electron chi connectivity index (χ1n) is 9.26. The number of nitrogens with one attached hydrogen (secondary N) is 1. The van der Waals surface area contributed by atoms with E-state index in [0.717, 1.165) is 32.4 Å². The summed E-state index contributed by atoms with van der Waals surface area (Å²) >= 11 is 0. The highest BCUT2D eigenvalue weighted by Gasteiger charge is 2.33. The molecule has 6 heteroatoms. The SMILES string of the molecule is C[C@@H](CNC(=O)N1CCC(c2ccncc2)CC1)CC1(C)OCCO1. The zero-order valence-corrected chi connectivity index (χ0v) is 15.2. The van der Waals surface area contributed by atoms with Gasteiger partial charge in [-0.25, -0.2) is 4.79 Å². The minimum atomic E-state index is -0.493. The first kappa shape index (κ1) is 18.1. The Morgan fingerprint density at radius 2 is 1.96 bits per heavy atom. The molecule has 1 aromatic heterocycles. The quantitative estimate of drug-likeness (QED) is 0.889. The molecule has 0 unspecified atom stereocenters. The molecule has 0 radical (unpaired) electrons. The molecule has 2 aliphatic rings. The van der Waals surface area contributed by atoms with Crippen LogP contribution >= 0.6 is 0 Å². The number of carbonyl (C=O) groups excluding carboxylic acids is 1. The smallest absolute Gasteiger partial charge is 0.317 e. The van der Waals surface area contributed by atoms with Crippen LogP contribution in [0.2, 0.25) is 0 Å². The summed E-state index contributed by atoms with van der Waals surface area (Å²) in [6.07, 6.45) is 6.49. The number of urea groups is 1. The highest BCUT2D eigenvalue weighted by molar-refractivity contribution is 5.74. The highest BCUT2D eigenvalue weighted by atomic mass is 16.7. The van der Waals surface area contributed by atoms with Crippen LogP contribution in [0.4, 0.5) is 4.79 Å². The van der Waals surface area contributed by atoms with Gasteiger partial charge in [0.1, 0.15) is 0 Å². The van der Waals surface area contributed by atoms with Gasteiger partial charge in [0.2, 0.25) is 0 Å². The zero-order valence-electron chi connectivity index (χ0n) is 15.2. The van der Waals surface area contributed by atoms with Crippen LogP contribution in [0.25, 0.3) is 0 Å². The number of likely N-dealkylation sites (tertiary alicyclic amines) is 1. The van der Waals surface area contributed by atoms with E-state index in [1.807, 2.05) is 24.2 Å². The second-order valence-electron chi connectivity index (χ2n) is 7.37. The van der Waals surface area contributed by atoms with Crippen LogP contribution in [0.5, 0.6) is 0 Å². The van der Waals surface area contributed by atoms with E-state index in [-0.39, 0.29) is 6.03 Å². The average Bonchev–Trinajstić information content (AvgIpc) is 3.06. The summed E-state index contributed by atoms with van der Waals surface area (Å²) < 4.78 is 11.3.